The third-order valence-electron chi connectivity index (χ3n) is 4.63. The minimum Gasteiger partial charge on any atom is -0.309 e. The van der Waals surface area contributed by atoms with Crippen LogP contribution in [0.4, 0.5) is 14.6 Å². The molecule has 0 bridgehead atoms. The number of halogens is 2. The molecule has 0 aliphatic heterocycles. The Morgan fingerprint density at radius 1 is 1.04 bits per heavy atom. The van der Waals surface area contributed by atoms with Gasteiger partial charge in [-0.25, -0.2) is 18.7 Å². The number of amides is 1. The monoisotopic (exact) mass is 365 g/mol. The molecule has 4 rings (SSSR count). The summed E-state index contributed by atoms with van der Waals surface area (Å²) < 4.78 is 26.4. The van der Waals surface area contributed by atoms with Crippen LogP contribution in [-0.4, -0.2) is 15.9 Å². The zero-order valence-corrected chi connectivity index (χ0v) is 14.7. The standard InChI is InChI=1S/C21H17F2N3O/c1-12-21(26-19(27)10-13-2-5-15(22)6-3-13)25-18-9-4-14-11-16(23)7-8-17(14)20(18)24-12/h2-3,5-8,11H,4,9-10H2,1H3,(H,25,26,27). The number of nitrogens with zero attached hydrogens (tertiary/aromatic N) is 2. The Labute approximate surface area is 155 Å². The van der Waals surface area contributed by atoms with Crippen molar-refractivity contribution in [1.82, 2.24) is 9.97 Å². The Hall–Kier alpha value is -3.15. The first kappa shape index (κ1) is 17.3. The number of hydrogen-bond acceptors (Lipinski definition) is 3. The zero-order chi connectivity index (χ0) is 19.0. The van der Waals surface area contributed by atoms with Gasteiger partial charge in [0.1, 0.15) is 11.6 Å². The maximum absolute atomic E-state index is 13.5. The van der Waals surface area contributed by atoms with Gasteiger partial charge >= 0.3 is 0 Å². The molecule has 1 N–H and O–H groups in total. The summed E-state index contributed by atoms with van der Waals surface area (Å²) in [6.45, 7) is 1.78. The van der Waals surface area contributed by atoms with E-state index in [1.807, 2.05) is 0 Å². The average molecular weight is 365 g/mol. The van der Waals surface area contributed by atoms with Gasteiger partial charge in [-0.3, -0.25) is 4.79 Å². The molecule has 0 radical (unpaired) electrons. The van der Waals surface area contributed by atoms with E-state index in [4.69, 9.17) is 0 Å². The van der Waals surface area contributed by atoms with Crippen molar-refractivity contribution in [3.8, 4) is 11.3 Å². The molecule has 2 aromatic carbocycles. The third-order valence-corrected chi connectivity index (χ3v) is 4.63. The van der Waals surface area contributed by atoms with Gasteiger partial charge in [0.25, 0.3) is 0 Å². The second-order valence-corrected chi connectivity index (χ2v) is 6.61. The molecule has 0 spiro atoms. The minimum atomic E-state index is -0.337. The SMILES string of the molecule is Cc1nc2c(nc1NC(=O)Cc1ccc(F)cc1)CCc1cc(F)ccc1-2. The predicted molar refractivity (Wildman–Crippen MR) is 98.3 cm³/mol. The topological polar surface area (TPSA) is 54.9 Å². The van der Waals surface area contributed by atoms with E-state index in [1.165, 1.54) is 24.3 Å². The van der Waals surface area contributed by atoms with Crippen LogP contribution in [0.1, 0.15) is 22.5 Å². The highest BCUT2D eigenvalue weighted by atomic mass is 19.1. The zero-order valence-electron chi connectivity index (χ0n) is 14.7. The van der Waals surface area contributed by atoms with E-state index in [0.29, 0.717) is 29.9 Å². The van der Waals surface area contributed by atoms with E-state index in [9.17, 15) is 13.6 Å². The first-order valence-corrected chi connectivity index (χ1v) is 8.70. The highest BCUT2D eigenvalue weighted by Crippen LogP contribution is 2.32. The van der Waals surface area contributed by atoms with Crippen LogP contribution < -0.4 is 5.32 Å². The van der Waals surface area contributed by atoms with Crippen molar-refractivity contribution in [1.29, 1.82) is 0 Å². The summed E-state index contributed by atoms with van der Waals surface area (Å²) in [5, 5.41) is 2.79. The number of aromatic nitrogens is 2. The highest BCUT2D eigenvalue weighted by Gasteiger charge is 2.21. The second-order valence-electron chi connectivity index (χ2n) is 6.61. The van der Waals surface area contributed by atoms with E-state index >= 15 is 0 Å². The van der Waals surface area contributed by atoms with Gasteiger partial charge in [0, 0.05) is 5.56 Å². The van der Waals surface area contributed by atoms with E-state index in [0.717, 1.165) is 22.5 Å². The van der Waals surface area contributed by atoms with Gasteiger partial charge in [-0.05, 0) is 61.2 Å². The normalized spacial score (nSPS) is 12.3. The molecular weight excluding hydrogens is 348 g/mol. The Balaban J connectivity index is 1.57. The first-order valence-electron chi connectivity index (χ1n) is 8.70. The summed E-state index contributed by atoms with van der Waals surface area (Å²) in [5.41, 5.74) is 4.65. The van der Waals surface area contributed by atoms with Gasteiger partial charge in [-0.1, -0.05) is 12.1 Å². The molecule has 4 nitrogen and oxygen atoms in total. The number of hydrogen-bond donors (Lipinski definition) is 1. The molecule has 0 saturated heterocycles. The molecular formula is C21H17F2N3O. The molecule has 0 atom stereocenters. The molecule has 0 unspecified atom stereocenters. The summed E-state index contributed by atoms with van der Waals surface area (Å²) >= 11 is 0. The van der Waals surface area contributed by atoms with Gasteiger partial charge in [-0.15, -0.1) is 0 Å². The molecule has 27 heavy (non-hydrogen) atoms. The Morgan fingerprint density at radius 3 is 2.56 bits per heavy atom. The molecule has 1 heterocycles. The number of fused-ring (bicyclic) bond motifs is 3. The van der Waals surface area contributed by atoms with Crippen molar-refractivity contribution in [3.63, 3.8) is 0 Å². The van der Waals surface area contributed by atoms with Crippen LogP contribution in [0.5, 0.6) is 0 Å². The van der Waals surface area contributed by atoms with E-state index < -0.39 is 0 Å². The molecule has 1 amide bonds. The van der Waals surface area contributed by atoms with E-state index in [-0.39, 0.29) is 24.0 Å². The largest absolute Gasteiger partial charge is 0.309 e. The number of aryl methyl sites for hydroxylation is 3. The predicted octanol–water partition coefficient (Wildman–Crippen LogP) is 4.01. The van der Waals surface area contributed by atoms with Crippen molar-refractivity contribution in [2.75, 3.05) is 5.32 Å². The summed E-state index contributed by atoms with van der Waals surface area (Å²) in [5.74, 6) is -0.411. The second kappa shape index (κ2) is 6.87. The van der Waals surface area contributed by atoms with Crippen molar-refractivity contribution in [2.24, 2.45) is 0 Å². The van der Waals surface area contributed by atoms with Crippen LogP contribution in [0.3, 0.4) is 0 Å². The van der Waals surface area contributed by atoms with E-state index in [2.05, 4.69) is 15.3 Å². The number of carbonyl (C=O) groups is 1. The van der Waals surface area contributed by atoms with Crippen LogP contribution in [0.15, 0.2) is 42.5 Å². The fourth-order valence-electron chi connectivity index (χ4n) is 3.28. The molecule has 1 aliphatic rings. The molecule has 3 aromatic rings. The molecule has 1 aromatic heterocycles. The van der Waals surface area contributed by atoms with Gasteiger partial charge in [-0.2, -0.15) is 0 Å². The van der Waals surface area contributed by atoms with Crippen LogP contribution in [0.25, 0.3) is 11.3 Å². The summed E-state index contributed by atoms with van der Waals surface area (Å²) in [6.07, 6.45) is 1.45. The summed E-state index contributed by atoms with van der Waals surface area (Å²) in [7, 11) is 0. The van der Waals surface area contributed by atoms with Crippen LogP contribution in [-0.2, 0) is 24.1 Å². The summed E-state index contributed by atoms with van der Waals surface area (Å²) in [6, 6.07) is 10.5. The fraction of sp³-hybridized carbons (Fsp3) is 0.190. The van der Waals surface area contributed by atoms with Crippen molar-refractivity contribution >= 4 is 11.7 Å². The highest BCUT2D eigenvalue weighted by molar-refractivity contribution is 5.92. The van der Waals surface area contributed by atoms with Crippen molar-refractivity contribution in [2.45, 2.75) is 26.2 Å². The van der Waals surface area contributed by atoms with Crippen LogP contribution in [0.2, 0.25) is 0 Å². The van der Waals surface area contributed by atoms with E-state index in [1.54, 1.807) is 25.1 Å². The Morgan fingerprint density at radius 2 is 1.78 bits per heavy atom. The lowest BCUT2D eigenvalue weighted by Gasteiger charge is -2.20. The number of carbonyl (C=O) groups excluding carboxylic acids is 1. The third kappa shape index (κ3) is 3.56. The fourth-order valence-corrected chi connectivity index (χ4v) is 3.28. The van der Waals surface area contributed by atoms with Gasteiger partial charge in [0.2, 0.25) is 5.91 Å². The van der Waals surface area contributed by atoms with Crippen molar-refractivity contribution in [3.05, 3.63) is 76.6 Å². The lowest BCUT2D eigenvalue weighted by Crippen LogP contribution is -2.19. The molecule has 0 fully saturated rings. The molecule has 6 heteroatoms. The number of anilines is 1. The maximum Gasteiger partial charge on any atom is 0.229 e. The molecule has 1 aliphatic carbocycles. The Kier molecular flexibility index (Phi) is 4.39. The van der Waals surface area contributed by atoms with Crippen LogP contribution in [0, 0.1) is 18.6 Å². The molecule has 136 valence electrons. The van der Waals surface area contributed by atoms with Gasteiger partial charge < -0.3 is 5.32 Å². The maximum atomic E-state index is 13.5. The average Bonchev–Trinajstić information content (AvgIpc) is 2.64. The van der Waals surface area contributed by atoms with Crippen LogP contribution >= 0.6 is 0 Å². The number of nitrogens with one attached hydrogen (secondary N) is 1. The molecule has 0 saturated carbocycles. The summed E-state index contributed by atoms with van der Waals surface area (Å²) in [4.78, 5) is 21.5. The lowest BCUT2D eigenvalue weighted by molar-refractivity contribution is -0.115. The number of rotatable bonds is 3. The van der Waals surface area contributed by atoms with Gasteiger partial charge in [0.15, 0.2) is 5.82 Å². The smallest absolute Gasteiger partial charge is 0.229 e. The number of benzene rings is 2. The lowest BCUT2D eigenvalue weighted by atomic mass is 9.91. The quantitative estimate of drug-likeness (QED) is 0.763. The van der Waals surface area contributed by atoms with Gasteiger partial charge in [0.05, 0.1) is 23.5 Å². The Bertz CT molecular complexity index is 1030. The first-order chi connectivity index (χ1) is 13.0. The minimum absolute atomic E-state index is 0.126. The van der Waals surface area contributed by atoms with Crippen molar-refractivity contribution < 1.29 is 13.6 Å².